The molecule has 0 saturated heterocycles. The Kier molecular flexibility index (Phi) is 3.86. The van der Waals surface area contributed by atoms with Gasteiger partial charge in [-0.3, -0.25) is 0 Å². The predicted molar refractivity (Wildman–Crippen MR) is 65.2 cm³/mol. The topological polar surface area (TPSA) is 30.0 Å². The van der Waals surface area contributed by atoms with Crippen molar-refractivity contribution < 1.29 is 4.79 Å². The number of hydrogen-bond donors (Lipinski definition) is 0. The zero-order valence-electron chi connectivity index (χ0n) is 8.67. The van der Waals surface area contributed by atoms with Crippen LogP contribution in [0.25, 0.3) is 0 Å². The molecule has 0 atom stereocenters. The van der Waals surface area contributed by atoms with E-state index in [0.29, 0.717) is 5.32 Å². The molecule has 0 fully saturated rings. The number of carbonyl (C=O) groups excluding carboxylic acids is 1. The van der Waals surface area contributed by atoms with Crippen LogP contribution in [0, 0.1) is 0 Å². The zero-order valence-corrected chi connectivity index (χ0v) is 10.4. The SMILES string of the molecule is O=C(C[Se]c1ccccn1)c1ccccc1. The van der Waals surface area contributed by atoms with Crippen LogP contribution in [0.2, 0.25) is 5.32 Å². The fourth-order valence-corrected chi connectivity index (χ4v) is 2.87. The average Bonchev–Trinajstić information content (AvgIpc) is 2.38. The number of benzene rings is 1. The van der Waals surface area contributed by atoms with E-state index in [1.807, 2.05) is 48.5 Å². The molecule has 2 nitrogen and oxygen atoms in total. The van der Waals surface area contributed by atoms with Gasteiger partial charge in [0.25, 0.3) is 0 Å². The summed E-state index contributed by atoms with van der Waals surface area (Å²) in [7, 11) is 0. The molecule has 0 spiro atoms. The minimum absolute atomic E-state index is 0.133. The molecule has 1 aromatic carbocycles. The fourth-order valence-electron chi connectivity index (χ4n) is 1.28. The Morgan fingerprint density at radius 2 is 1.81 bits per heavy atom. The maximum absolute atomic E-state index is 11.8. The van der Waals surface area contributed by atoms with Gasteiger partial charge in [0.05, 0.1) is 0 Å². The number of aromatic nitrogens is 1. The summed E-state index contributed by atoms with van der Waals surface area (Å²) in [6, 6.07) is 15.2. The standard InChI is InChI=1S/C13H11NOSe/c15-12(11-6-2-1-3-7-11)10-16-13-8-4-5-9-14-13/h1-9H,10H2. The number of Topliss-reactive ketones (excluding diaryl/α,β-unsaturated/α-hetero) is 1. The second kappa shape index (κ2) is 5.59. The van der Waals surface area contributed by atoms with Crippen molar-refractivity contribution in [3.05, 3.63) is 60.3 Å². The third-order valence-corrected chi connectivity index (χ3v) is 4.06. The number of ketones is 1. The second-order valence-electron chi connectivity index (χ2n) is 3.25. The van der Waals surface area contributed by atoms with Gasteiger partial charge in [0.1, 0.15) is 0 Å². The van der Waals surface area contributed by atoms with E-state index in [0.717, 1.165) is 10.2 Å². The Morgan fingerprint density at radius 1 is 1.06 bits per heavy atom. The number of carbonyl (C=O) groups is 1. The van der Waals surface area contributed by atoms with Crippen LogP contribution in [0.4, 0.5) is 0 Å². The van der Waals surface area contributed by atoms with E-state index in [2.05, 4.69) is 4.98 Å². The zero-order chi connectivity index (χ0) is 11.2. The number of pyridine rings is 1. The molecule has 0 unspecified atom stereocenters. The van der Waals surface area contributed by atoms with Crippen molar-refractivity contribution in [2.24, 2.45) is 0 Å². The van der Waals surface area contributed by atoms with Crippen LogP contribution in [-0.4, -0.2) is 25.7 Å². The first-order valence-corrected chi connectivity index (χ1v) is 7.05. The first kappa shape index (κ1) is 11.1. The number of nitrogens with zero attached hydrogens (tertiary/aromatic N) is 1. The Hall–Kier alpha value is -1.44. The van der Waals surface area contributed by atoms with Gasteiger partial charge < -0.3 is 0 Å². The summed E-state index contributed by atoms with van der Waals surface area (Å²) in [4.78, 5) is 16.0. The summed E-state index contributed by atoms with van der Waals surface area (Å²) in [5.74, 6) is 0.200. The van der Waals surface area contributed by atoms with Crippen LogP contribution in [0.5, 0.6) is 0 Å². The summed E-state index contributed by atoms with van der Waals surface area (Å²) in [5, 5.41) is 0.577. The van der Waals surface area contributed by atoms with Crippen molar-refractivity contribution in [1.82, 2.24) is 4.98 Å². The second-order valence-corrected chi connectivity index (χ2v) is 5.33. The number of hydrogen-bond acceptors (Lipinski definition) is 2. The van der Waals surface area contributed by atoms with E-state index < -0.39 is 0 Å². The van der Waals surface area contributed by atoms with Gasteiger partial charge in [-0.05, 0) is 0 Å². The van der Waals surface area contributed by atoms with Crippen LogP contribution in [0.15, 0.2) is 54.7 Å². The van der Waals surface area contributed by atoms with Crippen LogP contribution in [0.3, 0.4) is 0 Å². The minimum atomic E-state index is 0.133. The first-order valence-electron chi connectivity index (χ1n) is 4.98. The molecular formula is C13H11NOSe. The van der Waals surface area contributed by atoms with Crippen molar-refractivity contribution in [3.8, 4) is 0 Å². The van der Waals surface area contributed by atoms with Crippen LogP contribution in [0.1, 0.15) is 10.4 Å². The molecule has 0 bridgehead atoms. The van der Waals surface area contributed by atoms with Crippen molar-refractivity contribution in [1.29, 1.82) is 0 Å². The average molecular weight is 276 g/mol. The molecule has 3 heteroatoms. The molecule has 2 rings (SSSR count). The van der Waals surface area contributed by atoms with Gasteiger partial charge in [-0.2, -0.15) is 0 Å². The normalized spacial score (nSPS) is 10.0. The van der Waals surface area contributed by atoms with E-state index in [1.165, 1.54) is 0 Å². The summed E-state index contributed by atoms with van der Waals surface area (Å²) in [6.07, 6.45) is 1.77. The van der Waals surface area contributed by atoms with E-state index in [1.54, 1.807) is 6.20 Å². The Morgan fingerprint density at radius 3 is 2.50 bits per heavy atom. The van der Waals surface area contributed by atoms with Gasteiger partial charge in [0.2, 0.25) is 0 Å². The molecule has 1 heterocycles. The van der Waals surface area contributed by atoms with Crippen molar-refractivity contribution in [3.63, 3.8) is 0 Å². The molecule has 0 saturated carbocycles. The van der Waals surface area contributed by atoms with Crippen molar-refractivity contribution >= 4 is 25.3 Å². The summed E-state index contributed by atoms with van der Waals surface area (Å²) >= 11 is 0.133. The molecule has 0 aliphatic rings. The van der Waals surface area contributed by atoms with Gasteiger partial charge in [0.15, 0.2) is 0 Å². The van der Waals surface area contributed by atoms with Gasteiger partial charge >= 0.3 is 101 Å². The molecule has 0 aliphatic heterocycles. The summed E-state index contributed by atoms with van der Waals surface area (Å²) < 4.78 is 1.03. The molecule has 80 valence electrons. The Balaban J connectivity index is 1.95. The maximum atomic E-state index is 11.8. The van der Waals surface area contributed by atoms with Crippen LogP contribution >= 0.6 is 0 Å². The van der Waals surface area contributed by atoms with Gasteiger partial charge in [-0.15, -0.1) is 0 Å². The molecule has 0 radical (unpaired) electrons. The van der Waals surface area contributed by atoms with Crippen LogP contribution < -0.4 is 4.59 Å². The van der Waals surface area contributed by atoms with E-state index in [4.69, 9.17) is 0 Å². The predicted octanol–water partition coefficient (Wildman–Crippen LogP) is 1.71. The monoisotopic (exact) mass is 277 g/mol. The van der Waals surface area contributed by atoms with Gasteiger partial charge in [0, 0.05) is 0 Å². The molecule has 0 N–H and O–H groups in total. The van der Waals surface area contributed by atoms with Crippen molar-refractivity contribution in [2.75, 3.05) is 0 Å². The van der Waals surface area contributed by atoms with Gasteiger partial charge in [-0.1, -0.05) is 0 Å². The third-order valence-electron chi connectivity index (χ3n) is 2.08. The number of rotatable bonds is 4. The quantitative estimate of drug-likeness (QED) is 0.628. The Labute approximate surface area is 101 Å². The molecule has 0 aliphatic carbocycles. The molecular weight excluding hydrogens is 265 g/mol. The molecule has 2 aromatic rings. The molecule has 1 aromatic heterocycles. The molecule has 16 heavy (non-hydrogen) atoms. The van der Waals surface area contributed by atoms with Crippen molar-refractivity contribution in [2.45, 2.75) is 5.32 Å². The third kappa shape index (κ3) is 3.02. The molecule has 0 amide bonds. The Bertz CT molecular complexity index is 456. The summed E-state index contributed by atoms with van der Waals surface area (Å²) in [5.41, 5.74) is 0.792. The fraction of sp³-hybridized carbons (Fsp3) is 0.0769. The van der Waals surface area contributed by atoms with Gasteiger partial charge in [-0.25, -0.2) is 0 Å². The van der Waals surface area contributed by atoms with E-state index >= 15 is 0 Å². The van der Waals surface area contributed by atoms with Crippen LogP contribution in [-0.2, 0) is 0 Å². The summed E-state index contributed by atoms with van der Waals surface area (Å²) in [6.45, 7) is 0. The van der Waals surface area contributed by atoms with E-state index in [-0.39, 0.29) is 20.7 Å². The van der Waals surface area contributed by atoms with E-state index in [9.17, 15) is 4.79 Å². The first-order chi connectivity index (χ1) is 7.86.